The SMILES string of the molecule is CCCCCCOc1cccc(OCCCCCC)c1-c1c2nc(c(C#Cc3ccc(-c4cc(CCCCCC)c(C)s4)s3)c3ccc([nH]3)c(-c3c(OCCCCCC)cccc3OCCCCCC)c3nc(c(C#Cc4ccc(-c5cc(CCCCCC)c(C)s5)s4)c4ccc1[nH]4)C=C3)C=C2. The number of thiophene rings is 4. The minimum absolute atomic E-state index is 0.575. The molecule has 11 rings (SSSR count). The maximum Gasteiger partial charge on any atom is 0.131 e. The van der Waals surface area contributed by atoms with Crippen molar-refractivity contribution in [1.82, 2.24) is 19.9 Å². The smallest absolute Gasteiger partial charge is 0.131 e. The average molecular weight is 1440 g/mol. The van der Waals surface area contributed by atoms with Crippen LogP contribution in [0.15, 0.2) is 97.1 Å². The van der Waals surface area contributed by atoms with Crippen LogP contribution in [0.4, 0.5) is 0 Å². The molecule has 2 aromatic carbocycles. The summed E-state index contributed by atoms with van der Waals surface area (Å²) in [6, 6.07) is 34.8. The first-order chi connectivity index (χ1) is 50.2. The fourth-order valence-corrected chi connectivity index (χ4v) is 17.4. The summed E-state index contributed by atoms with van der Waals surface area (Å²) in [4.78, 5) is 29.3. The van der Waals surface area contributed by atoms with Crippen molar-refractivity contribution < 1.29 is 18.9 Å². The van der Waals surface area contributed by atoms with Crippen LogP contribution in [0, 0.1) is 37.5 Å². The maximum atomic E-state index is 6.96. The van der Waals surface area contributed by atoms with Crippen LogP contribution in [-0.4, -0.2) is 46.4 Å². The molecule has 2 N–H and O–H groups in total. The third-order valence-corrected chi connectivity index (χ3v) is 23.8. The second-order valence-corrected chi connectivity index (χ2v) is 31.9. The van der Waals surface area contributed by atoms with Gasteiger partial charge in [-0.2, -0.15) is 0 Å². The molecule has 0 aliphatic carbocycles. The lowest BCUT2D eigenvalue weighted by molar-refractivity contribution is 0.292. The lowest BCUT2D eigenvalue weighted by Crippen LogP contribution is -2.04. The fraction of sp³-hybridized carbons (Fsp3) is 0.422. The molecule has 0 spiro atoms. The number of aromatic amines is 2. The van der Waals surface area contributed by atoms with Gasteiger partial charge in [-0.3, -0.25) is 0 Å². The van der Waals surface area contributed by atoms with Crippen LogP contribution in [0.25, 0.3) is 88.1 Å². The molecule has 0 unspecified atom stereocenters. The summed E-state index contributed by atoms with van der Waals surface area (Å²) in [5, 5.41) is 0. The Kier molecular flexibility index (Phi) is 28.9. The Labute approximate surface area is 624 Å². The van der Waals surface area contributed by atoms with E-state index in [4.69, 9.17) is 28.9 Å². The van der Waals surface area contributed by atoms with Gasteiger partial charge in [0.2, 0.25) is 0 Å². The number of H-pyrrole nitrogens is 2. The van der Waals surface area contributed by atoms with Gasteiger partial charge in [-0.05, 0) is 186 Å². The molecule has 0 saturated carbocycles. The van der Waals surface area contributed by atoms with Gasteiger partial charge in [-0.15, -0.1) is 45.3 Å². The summed E-state index contributed by atoms with van der Waals surface area (Å²) in [5.74, 6) is 17.9. The highest BCUT2D eigenvalue weighted by Crippen LogP contribution is 2.47. The van der Waals surface area contributed by atoms with Gasteiger partial charge in [0.25, 0.3) is 0 Å². The molecule has 9 aromatic rings. The van der Waals surface area contributed by atoms with Crippen molar-refractivity contribution in [1.29, 1.82) is 0 Å². The van der Waals surface area contributed by atoms with Crippen molar-refractivity contribution in [2.75, 3.05) is 26.4 Å². The number of nitrogens with one attached hydrogen (secondary N) is 2. The molecule has 2 aliphatic heterocycles. The van der Waals surface area contributed by atoms with E-state index < -0.39 is 0 Å². The highest BCUT2D eigenvalue weighted by Gasteiger charge is 2.25. The number of unbranched alkanes of at least 4 members (excludes halogenated alkanes) is 18. The molecule has 0 radical (unpaired) electrons. The van der Waals surface area contributed by atoms with Crippen LogP contribution in [-0.2, 0) is 12.8 Å². The number of ether oxygens (including phenoxy) is 4. The lowest BCUT2D eigenvalue weighted by atomic mass is 10.0. The molecule has 0 atom stereocenters. The minimum Gasteiger partial charge on any atom is -0.493 e. The topological polar surface area (TPSA) is 94.3 Å². The second kappa shape index (κ2) is 39.2. The fourth-order valence-electron chi connectivity index (χ4n) is 13.4. The molecule has 7 aromatic heterocycles. The van der Waals surface area contributed by atoms with Crippen molar-refractivity contribution >= 4 is 91.7 Å². The zero-order chi connectivity index (χ0) is 70.8. The van der Waals surface area contributed by atoms with E-state index in [1.807, 2.05) is 22.7 Å². The predicted molar refractivity (Wildman–Crippen MR) is 441 cm³/mol. The average Bonchev–Trinajstić information content (AvgIpc) is 1.50. The molecule has 9 heterocycles. The molecule has 0 saturated heterocycles. The summed E-state index contributed by atoms with van der Waals surface area (Å²) < 4.78 is 27.8. The van der Waals surface area contributed by atoms with Crippen molar-refractivity contribution in [3.63, 3.8) is 0 Å². The van der Waals surface area contributed by atoms with E-state index >= 15 is 0 Å². The summed E-state index contributed by atoms with van der Waals surface area (Å²) in [7, 11) is 0. The predicted octanol–water partition coefficient (Wildman–Crippen LogP) is 27.1. The van der Waals surface area contributed by atoms with Gasteiger partial charge in [0.05, 0.1) is 92.2 Å². The number of nitrogens with zero attached hydrogens (tertiary/aromatic N) is 2. The van der Waals surface area contributed by atoms with E-state index in [2.05, 4.69) is 210 Å². The zero-order valence-corrected chi connectivity index (χ0v) is 65.2. The molecular weight excluding hydrogens is 1330 g/mol. The first kappa shape index (κ1) is 75.3. The summed E-state index contributed by atoms with van der Waals surface area (Å²) in [6.07, 6.45) is 38.2. The number of aryl methyl sites for hydroxylation is 4. The van der Waals surface area contributed by atoms with Gasteiger partial charge in [0.15, 0.2) is 0 Å². The number of hydrogen-bond acceptors (Lipinski definition) is 10. The Morgan fingerprint density at radius 1 is 0.324 bits per heavy atom. The Balaban J connectivity index is 1.17. The van der Waals surface area contributed by atoms with Gasteiger partial charge >= 0.3 is 0 Å². The van der Waals surface area contributed by atoms with Crippen LogP contribution >= 0.6 is 45.3 Å². The van der Waals surface area contributed by atoms with E-state index in [1.165, 1.54) is 91.8 Å². The third-order valence-electron chi connectivity index (χ3n) is 19.2. The molecule has 102 heavy (non-hydrogen) atoms. The number of fused-ring (bicyclic) bond motifs is 8. The summed E-state index contributed by atoms with van der Waals surface area (Å²) in [6.45, 7) is 20.4. The van der Waals surface area contributed by atoms with Gasteiger partial charge in [-0.1, -0.05) is 193 Å². The third kappa shape index (κ3) is 19.9. The Bertz CT molecular complexity index is 4240. The highest BCUT2D eigenvalue weighted by atomic mass is 32.1. The highest BCUT2D eigenvalue weighted by molar-refractivity contribution is 7.23. The van der Waals surface area contributed by atoms with Crippen LogP contribution in [0.1, 0.15) is 260 Å². The van der Waals surface area contributed by atoms with E-state index in [1.54, 1.807) is 22.7 Å². The van der Waals surface area contributed by atoms with Gasteiger partial charge in [-0.25, -0.2) is 9.97 Å². The van der Waals surface area contributed by atoms with Crippen molar-refractivity contribution in [3.05, 3.63) is 162 Å². The van der Waals surface area contributed by atoms with Crippen molar-refractivity contribution in [2.45, 2.75) is 222 Å². The van der Waals surface area contributed by atoms with Gasteiger partial charge < -0.3 is 28.9 Å². The normalized spacial score (nSPS) is 11.7. The van der Waals surface area contributed by atoms with Crippen LogP contribution in [0.5, 0.6) is 23.0 Å². The second-order valence-electron chi connectivity index (χ2n) is 27.2. The Morgan fingerprint density at radius 2 is 0.657 bits per heavy atom. The molecule has 12 heteroatoms. The quantitative estimate of drug-likeness (QED) is 0.0296. The molecule has 8 nitrogen and oxygen atoms in total. The summed E-state index contributed by atoms with van der Waals surface area (Å²) in [5.41, 5.74) is 14.2. The minimum atomic E-state index is 0.575. The van der Waals surface area contributed by atoms with E-state index in [0.29, 0.717) is 26.4 Å². The lowest BCUT2D eigenvalue weighted by Gasteiger charge is -2.18. The van der Waals surface area contributed by atoms with E-state index in [9.17, 15) is 0 Å². The standard InChI is InChI=1S/C90H106N4O4S4/c1-9-15-21-27-35-65-61-85(99-63(65)7)83-55-43-67(101-83)41-45-69-71-47-51-75(91-71)87(89-79(95-57-29-23-17-11-3)37-33-38-80(89)96-58-30-24-18-12-4)77-53-49-73(93-77)70(46-42-68-44-56-84(102-68)86-62-66(64(8)100-86)36-28-22-16-10-2)74-50-54-78(94-74)88(76-52-48-72(69)92-76)90-81(97-59-31-25-19-13-5)39-34-40-82(90)98-60-32-26-20-14-6/h33-34,37-40,43-44,47-56,61-62,91,94H,9-32,35-36,57-60H2,1-8H3. The Morgan fingerprint density at radius 3 is 1.01 bits per heavy atom. The van der Waals surface area contributed by atoms with Crippen LogP contribution < -0.4 is 18.9 Å². The molecule has 534 valence electrons. The number of rotatable bonds is 38. The molecule has 0 amide bonds. The first-order valence-electron chi connectivity index (χ1n) is 38.6. The van der Waals surface area contributed by atoms with Crippen LogP contribution in [0.3, 0.4) is 0 Å². The largest absolute Gasteiger partial charge is 0.493 e. The van der Waals surface area contributed by atoms with E-state index in [-0.39, 0.29) is 0 Å². The van der Waals surface area contributed by atoms with Crippen LogP contribution in [0.2, 0.25) is 0 Å². The maximum absolute atomic E-state index is 6.96. The molecule has 0 fully saturated rings. The number of aromatic nitrogens is 4. The molecular formula is C90H106N4O4S4. The van der Waals surface area contributed by atoms with Gasteiger partial charge in [0.1, 0.15) is 23.0 Å². The van der Waals surface area contributed by atoms with Crippen molar-refractivity contribution in [3.8, 4) is 88.4 Å². The molecule has 8 bridgehead atoms. The summed E-state index contributed by atoms with van der Waals surface area (Å²) >= 11 is 7.29. The zero-order valence-electron chi connectivity index (χ0n) is 61.9. The first-order valence-corrected chi connectivity index (χ1v) is 41.8. The van der Waals surface area contributed by atoms with E-state index in [0.717, 1.165) is 227 Å². The number of hydrogen-bond donors (Lipinski definition) is 2. The van der Waals surface area contributed by atoms with Crippen molar-refractivity contribution in [2.24, 2.45) is 0 Å². The van der Waals surface area contributed by atoms with Gasteiger partial charge in [0, 0.05) is 51.4 Å². The Hall–Kier alpha value is -7.84. The number of benzene rings is 2. The molecule has 2 aliphatic rings. The monoisotopic (exact) mass is 1430 g/mol.